The summed E-state index contributed by atoms with van der Waals surface area (Å²) in [5, 5.41) is 0.963. The van der Waals surface area contributed by atoms with Crippen molar-refractivity contribution in [2.24, 2.45) is 0 Å². The summed E-state index contributed by atoms with van der Waals surface area (Å²) < 4.78 is 5.30. The number of ketones is 1. The average molecular weight is 240 g/mol. The number of carbonyl (C=O) groups is 1. The number of aryl methyl sites for hydroxylation is 1. The van der Waals surface area contributed by atoms with E-state index in [0.29, 0.717) is 0 Å². The van der Waals surface area contributed by atoms with Crippen molar-refractivity contribution in [3.63, 3.8) is 0 Å². The molecule has 0 unspecified atom stereocenters. The molecule has 1 saturated heterocycles. The Labute approximate surface area is 99.2 Å². The molecule has 0 N–H and O–H groups in total. The molecule has 16 heavy (non-hydrogen) atoms. The lowest BCUT2D eigenvalue weighted by Crippen LogP contribution is -2.36. The van der Waals surface area contributed by atoms with E-state index in [0.717, 1.165) is 48.4 Å². The highest BCUT2D eigenvalue weighted by Crippen LogP contribution is 2.27. The molecule has 1 aliphatic heterocycles. The summed E-state index contributed by atoms with van der Waals surface area (Å²) in [4.78, 5) is 19.0. The van der Waals surface area contributed by atoms with Crippen molar-refractivity contribution >= 4 is 22.3 Å². The largest absolute Gasteiger partial charge is 0.378 e. The number of morpholine rings is 1. The molecule has 0 bridgehead atoms. The molecule has 1 fully saturated rings. The maximum absolute atomic E-state index is 11.4. The van der Waals surface area contributed by atoms with Gasteiger partial charge >= 0.3 is 0 Å². The van der Waals surface area contributed by atoms with Gasteiger partial charge in [-0.2, -0.15) is 0 Å². The van der Waals surface area contributed by atoms with Crippen LogP contribution in [0.3, 0.4) is 0 Å². The molecule has 2 rings (SSSR count). The van der Waals surface area contributed by atoms with Gasteiger partial charge < -0.3 is 9.64 Å². The molecule has 0 radical (unpaired) electrons. The second kappa shape index (κ2) is 4.93. The van der Waals surface area contributed by atoms with Gasteiger partial charge in [-0.05, 0) is 6.42 Å². The van der Waals surface area contributed by atoms with Crippen molar-refractivity contribution in [1.82, 2.24) is 4.98 Å². The maximum atomic E-state index is 11.4. The summed E-state index contributed by atoms with van der Waals surface area (Å²) >= 11 is 1.51. The van der Waals surface area contributed by atoms with E-state index in [9.17, 15) is 4.79 Å². The number of hydrogen-bond acceptors (Lipinski definition) is 5. The summed E-state index contributed by atoms with van der Waals surface area (Å²) in [6.07, 6.45) is 0.815. The highest BCUT2D eigenvalue weighted by atomic mass is 32.1. The minimum atomic E-state index is 0.119. The van der Waals surface area contributed by atoms with E-state index in [4.69, 9.17) is 4.74 Å². The van der Waals surface area contributed by atoms with Crippen molar-refractivity contribution in [3.05, 3.63) is 10.6 Å². The first kappa shape index (κ1) is 11.5. The Morgan fingerprint density at radius 2 is 2.19 bits per heavy atom. The molecule has 0 aromatic carbocycles. The lowest BCUT2D eigenvalue weighted by Gasteiger charge is -2.26. The fourth-order valence-corrected chi connectivity index (χ4v) is 2.85. The van der Waals surface area contributed by atoms with Gasteiger partial charge in [0.1, 0.15) is 0 Å². The number of thiazole rings is 1. The molecule has 1 aromatic rings. The van der Waals surface area contributed by atoms with Gasteiger partial charge in [0.15, 0.2) is 10.9 Å². The van der Waals surface area contributed by atoms with Gasteiger partial charge in [-0.1, -0.05) is 18.3 Å². The van der Waals surface area contributed by atoms with Gasteiger partial charge in [-0.25, -0.2) is 4.98 Å². The molecular weight excluding hydrogens is 224 g/mol. The topological polar surface area (TPSA) is 42.4 Å². The summed E-state index contributed by atoms with van der Waals surface area (Å²) in [7, 11) is 0. The van der Waals surface area contributed by atoms with E-state index in [1.54, 1.807) is 6.92 Å². The molecule has 2 heterocycles. The Balaban J connectivity index is 2.24. The van der Waals surface area contributed by atoms with E-state index >= 15 is 0 Å². The van der Waals surface area contributed by atoms with Crippen molar-refractivity contribution in [2.75, 3.05) is 31.2 Å². The molecule has 1 aromatic heterocycles. The van der Waals surface area contributed by atoms with E-state index in [2.05, 4.69) is 9.88 Å². The molecule has 5 heteroatoms. The van der Waals surface area contributed by atoms with Crippen LogP contribution in [0.15, 0.2) is 0 Å². The number of aromatic nitrogens is 1. The first-order valence-corrected chi connectivity index (χ1v) is 6.37. The Hall–Kier alpha value is -0.940. The maximum Gasteiger partial charge on any atom is 0.186 e. The Kier molecular flexibility index (Phi) is 3.56. The molecule has 0 spiro atoms. The third-order valence-electron chi connectivity index (χ3n) is 2.62. The van der Waals surface area contributed by atoms with E-state index in [-0.39, 0.29) is 5.78 Å². The van der Waals surface area contributed by atoms with Crippen LogP contribution in [0.25, 0.3) is 0 Å². The summed E-state index contributed by atoms with van der Waals surface area (Å²) in [6, 6.07) is 0. The second-order valence-corrected chi connectivity index (χ2v) is 4.76. The molecular formula is C11H16N2O2S. The normalized spacial score (nSPS) is 16.5. The highest BCUT2D eigenvalue weighted by molar-refractivity contribution is 7.17. The molecule has 0 amide bonds. The highest BCUT2D eigenvalue weighted by Gasteiger charge is 2.19. The number of ether oxygens (including phenoxy) is 1. The van der Waals surface area contributed by atoms with Gasteiger partial charge in [0.2, 0.25) is 0 Å². The molecule has 0 aliphatic carbocycles. The lowest BCUT2D eigenvalue weighted by molar-refractivity contribution is 0.102. The van der Waals surface area contributed by atoms with Crippen LogP contribution in [0.2, 0.25) is 0 Å². The first-order valence-electron chi connectivity index (χ1n) is 5.55. The smallest absolute Gasteiger partial charge is 0.186 e. The minimum absolute atomic E-state index is 0.119. The van der Waals surface area contributed by atoms with Gasteiger partial charge in [0.25, 0.3) is 0 Å². The van der Waals surface area contributed by atoms with Gasteiger partial charge in [-0.15, -0.1) is 0 Å². The van der Waals surface area contributed by atoms with Crippen LogP contribution in [0.4, 0.5) is 5.13 Å². The number of carbonyl (C=O) groups excluding carboxylic acids is 1. The Morgan fingerprint density at radius 1 is 1.50 bits per heavy atom. The van der Waals surface area contributed by atoms with Crippen molar-refractivity contribution in [2.45, 2.75) is 20.3 Å². The van der Waals surface area contributed by atoms with Crippen LogP contribution < -0.4 is 4.90 Å². The zero-order valence-electron chi connectivity index (χ0n) is 9.65. The summed E-state index contributed by atoms with van der Waals surface area (Å²) in [5.74, 6) is 0.119. The van der Waals surface area contributed by atoms with E-state index in [1.807, 2.05) is 6.92 Å². The quantitative estimate of drug-likeness (QED) is 0.755. The average Bonchev–Trinajstić information content (AvgIpc) is 2.74. The minimum Gasteiger partial charge on any atom is -0.378 e. The van der Waals surface area contributed by atoms with Crippen molar-refractivity contribution < 1.29 is 9.53 Å². The van der Waals surface area contributed by atoms with Crippen molar-refractivity contribution in [3.8, 4) is 0 Å². The van der Waals surface area contributed by atoms with Crippen molar-refractivity contribution in [1.29, 1.82) is 0 Å². The number of anilines is 1. The van der Waals surface area contributed by atoms with Gasteiger partial charge in [-0.3, -0.25) is 4.79 Å². The third-order valence-corrected chi connectivity index (χ3v) is 3.88. The van der Waals surface area contributed by atoms with Gasteiger partial charge in [0.05, 0.1) is 23.8 Å². The first-order chi connectivity index (χ1) is 7.72. The second-order valence-electron chi connectivity index (χ2n) is 3.78. The van der Waals surface area contributed by atoms with E-state index in [1.165, 1.54) is 11.3 Å². The molecule has 0 atom stereocenters. The number of Topliss-reactive ketones (excluding diaryl/α,β-unsaturated/α-hetero) is 1. The van der Waals surface area contributed by atoms with Crippen LogP contribution in [0.5, 0.6) is 0 Å². The number of hydrogen-bond donors (Lipinski definition) is 0. The fourth-order valence-electron chi connectivity index (χ4n) is 1.74. The molecule has 1 aliphatic rings. The molecule has 4 nitrogen and oxygen atoms in total. The Morgan fingerprint density at radius 3 is 2.69 bits per heavy atom. The lowest BCUT2D eigenvalue weighted by atomic mass is 10.2. The fraction of sp³-hybridized carbons (Fsp3) is 0.636. The van der Waals surface area contributed by atoms with Crippen LogP contribution >= 0.6 is 11.3 Å². The predicted molar refractivity (Wildman–Crippen MR) is 64.5 cm³/mol. The van der Waals surface area contributed by atoms with Crippen LogP contribution in [-0.4, -0.2) is 37.1 Å². The third kappa shape index (κ3) is 2.25. The summed E-state index contributed by atoms with van der Waals surface area (Å²) in [6.45, 7) is 6.87. The monoisotopic (exact) mass is 240 g/mol. The van der Waals surface area contributed by atoms with Gasteiger partial charge in [0, 0.05) is 20.0 Å². The molecule has 88 valence electrons. The number of nitrogens with zero attached hydrogens (tertiary/aromatic N) is 2. The summed E-state index contributed by atoms with van der Waals surface area (Å²) in [5.41, 5.74) is 0.930. The zero-order chi connectivity index (χ0) is 11.5. The van der Waals surface area contributed by atoms with Crippen LogP contribution in [0, 0.1) is 0 Å². The number of rotatable bonds is 3. The Bertz CT molecular complexity index is 383. The standard InChI is InChI=1S/C11H16N2O2S/c1-3-9-10(8(2)14)16-11(12-9)13-4-6-15-7-5-13/h3-7H2,1-2H3. The predicted octanol–water partition coefficient (Wildman–Crippen LogP) is 1.74. The van der Waals surface area contributed by atoms with Crippen LogP contribution in [0.1, 0.15) is 29.2 Å². The zero-order valence-corrected chi connectivity index (χ0v) is 10.5. The molecule has 0 saturated carbocycles. The van der Waals surface area contributed by atoms with Crippen LogP contribution in [-0.2, 0) is 11.2 Å². The SMILES string of the molecule is CCc1nc(N2CCOCC2)sc1C(C)=O. The van der Waals surface area contributed by atoms with E-state index < -0.39 is 0 Å².